The number of hydrogen-bond acceptors (Lipinski definition) is 7. The minimum Gasteiger partial charge on any atom is -0.384 e. The summed E-state index contributed by atoms with van der Waals surface area (Å²) in [4.78, 5) is 28.3. The molecule has 172 valence electrons. The molecule has 2 heterocycles. The van der Waals surface area contributed by atoms with Gasteiger partial charge in [0.2, 0.25) is 11.0 Å². The number of carbonyl (C=O) groups is 2. The largest absolute Gasteiger partial charge is 0.384 e. The number of aromatic nitrogens is 2. The highest BCUT2D eigenvalue weighted by molar-refractivity contribution is 7.99. The van der Waals surface area contributed by atoms with Crippen molar-refractivity contribution >= 4 is 45.7 Å². The van der Waals surface area contributed by atoms with E-state index in [4.69, 9.17) is 4.74 Å². The fourth-order valence-electron chi connectivity index (χ4n) is 3.86. The Hall–Kier alpha value is -2.75. The van der Waals surface area contributed by atoms with Gasteiger partial charge in [-0.2, -0.15) is 0 Å². The molecule has 7 nitrogen and oxygen atoms in total. The van der Waals surface area contributed by atoms with Crippen LogP contribution in [-0.4, -0.2) is 48.0 Å². The predicted octanol–water partition coefficient (Wildman–Crippen LogP) is 4.67. The van der Waals surface area contributed by atoms with Gasteiger partial charge in [-0.15, -0.1) is 22.0 Å². The molecule has 1 fully saturated rings. The molecular weight excluding hydrogens is 456 g/mol. The number of thioether (sulfide) groups is 1. The van der Waals surface area contributed by atoms with Gasteiger partial charge in [0.1, 0.15) is 5.01 Å². The van der Waals surface area contributed by atoms with Crippen molar-refractivity contribution in [2.75, 3.05) is 36.2 Å². The van der Waals surface area contributed by atoms with Crippen LogP contribution in [0.3, 0.4) is 0 Å². The molecule has 0 radical (unpaired) electrons. The summed E-state index contributed by atoms with van der Waals surface area (Å²) in [6.07, 6.45) is 0.383. The molecular formula is C24H26N4O3S2. The van der Waals surface area contributed by atoms with Crippen molar-refractivity contribution in [1.29, 1.82) is 0 Å². The number of benzene rings is 2. The molecule has 9 heteroatoms. The average molecular weight is 483 g/mol. The number of carbonyl (C=O) groups excluding carboxylic acids is 2. The van der Waals surface area contributed by atoms with Crippen LogP contribution >= 0.6 is 23.1 Å². The Balaban J connectivity index is 1.44. The first-order valence-electron chi connectivity index (χ1n) is 10.7. The first kappa shape index (κ1) is 23.4. The summed E-state index contributed by atoms with van der Waals surface area (Å²) in [5.41, 5.74) is 3.76. The Morgan fingerprint density at radius 3 is 2.73 bits per heavy atom. The molecule has 33 heavy (non-hydrogen) atoms. The van der Waals surface area contributed by atoms with Crippen molar-refractivity contribution in [3.8, 4) is 0 Å². The maximum atomic E-state index is 12.9. The van der Waals surface area contributed by atoms with Crippen LogP contribution in [0.5, 0.6) is 0 Å². The number of hydrogen-bond donors (Lipinski definition) is 1. The van der Waals surface area contributed by atoms with Gasteiger partial charge in [-0.25, -0.2) is 0 Å². The normalized spacial score (nSPS) is 15.8. The third kappa shape index (κ3) is 5.61. The number of aryl methyl sites for hydroxylation is 2. The van der Waals surface area contributed by atoms with Gasteiger partial charge in [0.15, 0.2) is 0 Å². The van der Waals surface area contributed by atoms with Gasteiger partial charge in [-0.1, -0.05) is 29.5 Å². The zero-order chi connectivity index (χ0) is 23.4. The van der Waals surface area contributed by atoms with Gasteiger partial charge in [0, 0.05) is 42.3 Å². The number of rotatable bonds is 8. The smallest absolute Gasteiger partial charge is 0.258 e. The third-order valence-corrected chi connectivity index (χ3v) is 7.37. The minimum atomic E-state index is -0.224. The van der Waals surface area contributed by atoms with E-state index in [2.05, 4.69) is 21.6 Å². The van der Waals surface area contributed by atoms with Crippen LogP contribution in [0.4, 0.5) is 10.8 Å². The van der Waals surface area contributed by atoms with E-state index in [1.54, 1.807) is 24.9 Å². The summed E-state index contributed by atoms with van der Waals surface area (Å²) in [5.74, 6) is 0.569. The molecule has 1 aromatic heterocycles. The molecule has 3 aromatic rings. The second-order valence-electron chi connectivity index (χ2n) is 7.99. The van der Waals surface area contributed by atoms with E-state index in [1.807, 2.05) is 49.1 Å². The lowest BCUT2D eigenvalue weighted by Crippen LogP contribution is -2.24. The summed E-state index contributed by atoms with van der Waals surface area (Å²) in [6.45, 7) is 5.23. The number of anilines is 2. The standard InChI is InChI=1S/C24H26N4O3S2/c1-15-10-16(2)12-18(11-15)28-14-17(13-21(28)29)23-26-27-24(33-23)25-22(30)19-6-4-5-7-20(19)32-9-8-31-3/h4-7,10-12,17H,8-9,13-14H2,1-3H3,(H,25,27,30)/t17-/m0/s1. The summed E-state index contributed by atoms with van der Waals surface area (Å²) >= 11 is 2.90. The van der Waals surface area contributed by atoms with Crippen molar-refractivity contribution in [3.63, 3.8) is 0 Å². The average Bonchev–Trinajstić information content (AvgIpc) is 3.40. The molecule has 1 atom stereocenters. The molecule has 1 saturated heterocycles. The Morgan fingerprint density at radius 1 is 1.21 bits per heavy atom. The summed E-state index contributed by atoms with van der Waals surface area (Å²) < 4.78 is 5.10. The monoisotopic (exact) mass is 482 g/mol. The lowest BCUT2D eigenvalue weighted by atomic mass is 10.1. The Morgan fingerprint density at radius 2 is 1.97 bits per heavy atom. The molecule has 0 spiro atoms. The number of nitrogens with zero attached hydrogens (tertiary/aromatic N) is 3. The van der Waals surface area contributed by atoms with Crippen molar-refractivity contribution in [3.05, 3.63) is 64.2 Å². The highest BCUT2D eigenvalue weighted by Gasteiger charge is 2.34. The Kier molecular flexibility index (Phi) is 7.42. The number of nitrogens with one attached hydrogen (secondary N) is 1. The molecule has 0 unspecified atom stereocenters. The molecule has 0 aliphatic carbocycles. The van der Waals surface area contributed by atoms with Crippen LogP contribution < -0.4 is 10.2 Å². The van der Waals surface area contributed by atoms with Crippen LogP contribution in [0.2, 0.25) is 0 Å². The van der Waals surface area contributed by atoms with Gasteiger partial charge >= 0.3 is 0 Å². The lowest BCUT2D eigenvalue weighted by molar-refractivity contribution is -0.117. The van der Waals surface area contributed by atoms with Gasteiger partial charge in [0.05, 0.1) is 12.2 Å². The van der Waals surface area contributed by atoms with E-state index >= 15 is 0 Å². The van der Waals surface area contributed by atoms with E-state index in [-0.39, 0.29) is 17.7 Å². The molecule has 1 aliphatic rings. The SMILES string of the molecule is COCCSc1ccccc1C(=O)Nc1nnc([C@H]2CC(=O)N(c3cc(C)cc(C)c3)C2)s1. The Labute approximate surface area is 201 Å². The van der Waals surface area contributed by atoms with Crippen molar-refractivity contribution in [2.45, 2.75) is 31.1 Å². The quantitative estimate of drug-likeness (QED) is 0.371. The fourth-order valence-corrected chi connectivity index (χ4v) is 5.65. The number of amides is 2. The zero-order valence-electron chi connectivity index (χ0n) is 18.8. The predicted molar refractivity (Wildman–Crippen MR) is 133 cm³/mol. The van der Waals surface area contributed by atoms with Gasteiger partial charge < -0.3 is 9.64 Å². The second-order valence-corrected chi connectivity index (χ2v) is 10.1. The van der Waals surface area contributed by atoms with Crippen molar-refractivity contribution in [2.24, 2.45) is 0 Å². The van der Waals surface area contributed by atoms with E-state index < -0.39 is 0 Å². The first-order valence-corrected chi connectivity index (χ1v) is 12.5. The molecule has 0 bridgehead atoms. The summed E-state index contributed by atoms with van der Waals surface area (Å²) in [5, 5.41) is 12.5. The van der Waals surface area contributed by atoms with E-state index in [9.17, 15) is 9.59 Å². The minimum absolute atomic E-state index is 0.0432. The van der Waals surface area contributed by atoms with Crippen molar-refractivity contribution < 1.29 is 14.3 Å². The number of ether oxygens (including phenoxy) is 1. The third-order valence-electron chi connectivity index (χ3n) is 5.33. The molecule has 1 N–H and O–H groups in total. The topological polar surface area (TPSA) is 84.4 Å². The van der Waals surface area contributed by atoms with E-state index in [0.717, 1.165) is 32.5 Å². The van der Waals surface area contributed by atoms with Crippen molar-refractivity contribution in [1.82, 2.24) is 10.2 Å². The maximum absolute atomic E-state index is 12.9. The fraction of sp³-hybridized carbons (Fsp3) is 0.333. The van der Waals surface area contributed by atoms with Crippen LogP contribution in [0.15, 0.2) is 47.4 Å². The van der Waals surface area contributed by atoms with Gasteiger partial charge in [-0.3, -0.25) is 14.9 Å². The molecule has 4 rings (SSSR count). The Bertz CT molecular complexity index is 1140. The van der Waals surface area contributed by atoms with Crippen LogP contribution in [0, 0.1) is 13.8 Å². The van der Waals surface area contributed by atoms with Crippen LogP contribution in [0.1, 0.15) is 38.8 Å². The maximum Gasteiger partial charge on any atom is 0.258 e. The van der Waals surface area contributed by atoms with Gasteiger partial charge in [0.25, 0.3) is 5.91 Å². The second kappa shape index (κ2) is 10.5. The lowest BCUT2D eigenvalue weighted by Gasteiger charge is -2.17. The van der Waals surface area contributed by atoms with E-state index in [0.29, 0.717) is 30.3 Å². The van der Waals surface area contributed by atoms with E-state index in [1.165, 1.54) is 11.3 Å². The molecule has 0 saturated carbocycles. The summed E-state index contributed by atoms with van der Waals surface area (Å²) in [7, 11) is 1.66. The highest BCUT2D eigenvalue weighted by Crippen LogP contribution is 2.35. The number of methoxy groups -OCH3 is 1. The zero-order valence-corrected chi connectivity index (χ0v) is 20.5. The first-order chi connectivity index (χ1) is 15.9. The van der Waals surface area contributed by atoms with Crippen LogP contribution in [0.25, 0.3) is 0 Å². The summed E-state index contributed by atoms with van der Waals surface area (Å²) in [6, 6.07) is 13.6. The highest BCUT2D eigenvalue weighted by atomic mass is 32.2. The molecule has 2 aromatic carbocycles. The molecule has 2 amide bonds. The van der Waals surface area contributed by atoms with Crippen LogP contribution in [-0.2, 0) is 9.53 Å². The van der Waals surface area contributed by atoms with Gasteiger partial charge in [-0.05, 0) is 49.2 Å². The molecule has 1 aliphatic heterocycles.